The number of rotatable bonds is 6. The van der Waals surface area contributed by atoms with Gasteiger partial charge in [0.2, 0.25) is 5.92 Å². The van der Waals surface area contributed by atoms with Crippen molar-refractivity contribution in [3.8, 4) is 0 Å². The molecule has 0 unspecified atom stereocenters. The number of pyridine rings is 1. The van der Waals surface area contributed by atoms with E-state index in [-0.39, 0.29) is 19.4 Å². The first kappa shape index (κ1) is 22.6. The Bertz CT molecular complexity index is 1120. The molecule has 2 fully saturated rings. The minimum absolute atomic E-state index is 0.138. The van der Waals surface area contributed by atoms with Crippen LogP contribution < -0.4 is 10.2 Å². The number of aromatic nitrogens is 1. The van der Waals surface area contributed by atoms with Crippen molar-refractivity contribution in [3.05, 3.63) is 47.7 Å². The van der Waals surface area contributed by atoms with Gasteiger partial charge in [0.05, 0.1) is 15.3 Å². The minimum atomic E-state index is -2.92. The van der Waals surface area contributed by atoms with E-state index in [9.17, 15) is 17.8 Å². The van der Waals surface area contributed by atoms with Crippen LogP contribution in [0.3, 0.4) is 0 Å². The molecule has 0 radical (unpaired) electrons. The third-order valence-corrected chi connectivity index (χ3v) is 7.08. The Morgan fingerprint density at radius 1 is 1.25 bits per heavy atom. The summed E-state index contributed by atoms with van der Waals surface area (Å²) in [5, 5.41) is 2.79. The second-order valence-corrected chi connectivity index (χ2v) is 11.0. The van der Waals surface area contributed by atoms with E-state index >= 15 is 0 Å². The van der Waals surface area contributed by atoms with Crippen molar-refractivity contribution in [2.75, 3.05) is 29.6 Å². The maximum atomic E-state index is 13.9. The van der Waals surface area contributed by atoms with Gasteiger partial charge in [-0.2, -0.15) is 0 Å². The second-order valence-electron chi connectivity index (χ2n) is 8.84. The number of hydrogen-bond acceptors (Lipinski definition) is 5. The lowest BCUT2D eigenvalue weighted by Crippen LogP contribution is -2.29. The van der Waals surface area contributed by atoms with Crippen LogP contribution in [0.1, 0.15) is 48.2 Å². The van der Waals surface area contributed by atoms with E-state index < -0.39 is 21.6 Å². The molecule has 2 N–H and O–H groups in total. The maximum absolute atomic E-state index is 13.9. The van der Waals surface area contributed by atoms with Crippen molar-refractivity contribution in [2.45, 2.75) is 49.3 Å². The number of amides is 1. The zero-order valence-electron chi connectivity index (χ0n) is 18.1. The highest BCUT2D eigenvalue weighted by Gasteiger charge is 2.33. The van der Waals surface area contributed by atoms with Crippen molar-refractivity contribution in [1.29, 1.82) is 4.78 Å². The fourth-order valence-electron chi connectivity index (χ4n) is 3.93. The summed E-state index contributed by atoms with van der Waals surface area (Å²) in [6.45, 7) is 0.557. The topological polar surface area (TPSA) is 86.2 Å². The number of nitrogens with zero attached hydrogens (tertiary/aromatic N) is 2. The highest BCUT2D eigenvalue weighted by Crippen LogP contribution is 2.34. The number of hydrogen-bond donors (Lipinski definition) is 2. The number of benzene rings is 1. The predicted molar refractivity (Wildman–Crippen MR) is 121 cm³/mol. The molecule has 4 rings (SSSR count). The Labute approximate surface area is 187 Å². The third kappa shape index (κ3) is 5.62. The van der Waals surface area contributed by atoms with E-state index in [1.807, 2.05) is 6.07 Å². The van der Waals surface area contributed by atoms with Gasteiger partial charge in [-0.05, 0) is 61.9 Å². The van der Waals surface area contributed by atoms with Gasteiger partial charge in [-0.1, -0.05) is 6.07 Å². The van der Waals surface area contributed by atoms with Crippen molar-refractivity contribution < 1.29 is 17.8 Å². The van der Waals surface area contributed by atoms with Crippen LogP contribution in [0, 0.1) is 10.7 Å². The van der Waals surface area contributed by atoms with E-state index in [1.165, 1.54) is 25.2 Å². The molecule has 1 saturated carbocycles. The highest BCUT2D eigenvalue weighted by atomic mass is 32.2. The molecule has 1 amide bonds. The van der Waals surface area contributed by atoms with Crippen LogP contribution in [-0.4, -0.2) is 40.4 Å². The first-order valence-corrected chi connectivity index (χ1v) is 12.9. The number of carbonyl (C=O) groups is 1. The number of alkyl halides is 2. The maximum Gasteiger partial charge on any atom is 0.259 e. The summed E-state index contributed by atoms with van der Waals surface area (Å²) in [5.74, 6) is -2.06. The van der Waals surface area contributed by atoms with Crippen molar-refractivity contribution >= 4 is 27.1 Å². The fourth-order valence-corrected chi connectivity index (χ4v) is 4.62. The monoisotopic (exact) mass is 462 g/mol. The Morgan fingerprint density at radius 2 is 2.03 bits per heavy atom. The molecular formula is C23H28F2N4O2S. The predicted octanol–water partition coefficient (Wildman–Crippen LogP) is 4.95. The van der Waals surface area contributed by atoms with Gasteiger partial charge in [-0.15, -0.1) is 0 Å². The molecule has 1 aliphatic carbocycles. The largest absolute Gasteiger partial charge is 0.356 e. The summed E-state index contributed by atoms with van der Waals surface area (Å²) in [7, 11) is -2.92. The van der Waals surface area contributed by atoms with Crippen LogP contribution in [0.15, 0.2) is 41.3 Å². The molecule has 9 heteroatoms. The molecule has 0 spiro atoms. The zero-order chi connectivity index (χ0) is 22.9. The van der Waals surface area contributed by atoms with E-state index in [4.69, 9.17) is 9.76 Å². The molecule has 2 aliphatic rings. The average Bonchev–Trinajstić information content (AvgIpc) is 3.55. The van der Waals surface area contributed by atoms with Crippen molar-refractivity contribution in [1.82, 2.24) is 4.98 Å². The molecule has 6 nitrogen and oxygen atoms in total. The normalized spacial score (nSPS) is 20.3. The Balaban J connectivity index is 1.62. The summed E-state index contributed by atoms with van der Waals surface area (Å²) >= 11 is 0. The van der Waals surface area contributed by atoms with Crippen molar-refractivity contribution in [3.63, 3.8) is 0 Å². The van der Waals surface area contributed by atoms with Crippen LogP contribution in [-0.2, 0) is 16.1 Å². The van der Waals surface area contributed by atoms with Gasteiger partial charge >= 0.3 is 0 Å². The van der Waals surface area contributed by atoms with Gasteiger partial charge in [0.25, 0.3) is 5.91 Å². The lowest BCUT2D eigenvalue weighted by molar-refractivity contribution is -0.0102. The third-order valence-electron chi connectivity index (χ3n) is 5.93. The van der Waals surface area contributed by atoms with Crippen molar-refractivity contribution in [2.24, 2.45) is 5.92 Å². The van der Waals surface area contributed by atoms with Gasteiger partial charge in [-0.25, -0.2) is 22.8 Å². The van der Waals surface area contributed by atoms with E-state index in [0.29, 0.717) is 40.8 Å². The average molecular weight is 463 g/mol. The summed E-state index contributed by atoms with van der Waals surface area (Å²) in [6.07, 6.45) is 4.39. The first-order chi connectivity index (χ1) is 15.1. The highest BCUT2D eigenvalue weighted by molar-refractivity contribution is 7.91. The number of halogens is 2. The summed E-state index contributed by atoms with van der Waals surface area (Å²) in [6, 6.07) is 9.96. The zero-order valence-corrected chi connectivity index (χ0v) is 18.9. The molecule has 32 heavy (non-hydrogen) atoms. The number of anilines is 2. The molecule has 1 aromatic heterocycles. The second kappa shape index (κ2) is 8.77. The van der Waals surface area contributed by atoms with E-state index in [0.717, 1.165) is 12.1 Å². The number of carbonyl (C=O) groups excluding carboxylic acids is 1. The van der Waals surface area contributed by atoms with Crippen LogP contribution >= 0.6 is 0 Å². The molecule has 2 heterocycles. The molecular weight excluding hydrogens is 434 g/mol. The molecule has 0 bridgehead atoms. The van der Waals surface area contributed by atoms with Gasteiger partial charge in [0.1, 0.15) is 5.82 Å². The molecule has 1 aromatic carbocycles. The molecule has 172 valence electrons. The lowest BCUT2D eigenvalue weighted by atomic mass is 10.1. The SMILES string of the molecule is C[S@](=N)(=O)c1cccc(NC(=O)c2ccc(CC3CC3)nc2N2CCCC(F)(F)CC2)c1. The molecule has 1 aliphatic heterocycles. The molecule has 1 atom stereocenters. The van der Waals surface area contributed by atoms with Crippen LogP contribution in [0.25, 0.3) is 0 Å². The van der Waals surface area contributed by atoms with Gasteiger partial charge in [-0.3, -0.25) is 4.79 Å². The molecule has 1 saturated heterocycles. The van der Waals surface area contributed by atoms with Crippen LogP contribution in [0.2, 0.25) is 0 Å². The summed E-state index contributed by atoms with van der Waals surface area (Å²) < 4.78 is 47.7. The van der Waals surface area contributed by atoms with E-state index in [2.05, 4.69) is 5.32 Å². The van der Waals surface area contributed by atoms with E-state index in [1.54, 1.807) is 29.2 Å². The standard InChI is InChI=1S/C23H28F2N4O2S/c1-32(26,31)19-5-2-4-17(15-19)28-22(30)20-9-8-18(14-16-6-7-16)27-21(20)29-12-3-10-23(24,25)11-13-29/h2,4-5,8-9,15-16,26H,3,6-7,10-14H2,1H3,(H,28,30)/t32-/m0/s1. The lowest BCUT2D eigenvalue weighted by Gasteiger charge is -2.24. The van der Waals surface area contributed by atoms with Gasteiger partial charge in [0, 0.05) is 48.5 Å². The quantitative estimate of drug-likeness (QED) is 0.636. The van der Waals surface area contributed by atoms with Crippen LogP contribution in [0.4, 0.5) is 20.3 Å². The van der Waals surface area contributed by atoms with Gasteiger partial charge < -0.3 is 10.2 Å². The first-order valence-electron chi connectivity index (χ1n) is 10.9. The smallest absolute Gasteiger partial charge is 0.259 e. The summed E-state index contributed by atoms with van der Waals surface area (Å²) in [5.41, 5.74) is 1.62. The van der Waals surface area contributed by atoms with Gasteiger partial charge in [0.15, 0.2) is 0 Å². The Kier molecular flexibility index (Phi) is 6.20. The summed E-state index contributed by atoms with van der Waals surface area (Å²) in [4.78, 5) is 20.0. The van der Waals surface area contributed by atoms with Crippen LogP contribution in [0.5, 0.6) is 0 Å². The number of nitrogens with one attached hydrogen (secondary N) is 2. The molecule has 2 aromatic rings. The Morgan fingerprint density at radius 3 is 2.75 bits per heavy atom. The minimum Gasteiger partial charge on any atom is -0.356 e. The Hall–Kier alpha value is -2.55. The fraction of sp³-hybridized carbons (Fsp3) is 0.478.